The van der Waals surface area contributed by atoms with E-state index in [9.17, 15) is 5.11 Å². The van der Waals surface area contributed by atoms with E-state index in [0.29, 0.717) is 6.61 Å². The summed E-state index contributed by atoms with van der Waals surface area (Å²) in [6, 6.07) is 8.08. The Hall–Kier alpha value is -1.06. The van der Waals surface area contributed by atoms with Crippen LogP contribution in [0.1, 0.15) is 19.4 Å². The van der Waals surface area contributed by atoms with Crippen molar-refractivity contribution >= 4 is 5.69 Å². The van der Waals surface area contributed by atoms with Gasteiger partial charge in [-0.05, 0) is 24.5 Å². The van der Waals surface area contributed by atoms with Crippen molar-refractivity contribution in [3.63, 3.8) is 0 Å². The van der Waals surface area contributed by atoms with E-state index in [1.54, 1.807) is 7.11 Å². The maximum absolute atomic E-state index is 9.69. The maximum atomic E-state index is 9.69. The van der Waals surface area contributed by atoms with E-state index in [1.807, 2.05) is 18.2 Å². The van der Waals surface area contributed by atoms with Crippen molar-refractivity contribution in [2.75, 3.05) is 25.6 Å². The molecule has 2 N–H and O–H groups in total. The summed E-state index contributed by atoms with van der Waals surface area (Å²) < 4.78 is 5.25. The van der Waals surface area contributed by atoms with Gasteiger partial charge in [0.2, 0.25) is 0 Å². The van der Waals surface area contributed by atoms with E-state index in [-0.39, 0.29) is 12.5 Å². The van der Waals surface area contributed by atoms with Crippen LogP contribution in [0.2, 0.25) is 0 Å². The molecule has 0 saturated heterocycles. The molecule has 3 heteroatoms. The third kappa shape index (κ3) is 3.20. The Labute approximate surface area is 104 Å². The van der Waals surface area contributed by atoms with Crippen molar-refractivity contribution in [1.29, 1.82) is 0 Å². The number of anilines is 1. The lowest BCUT2D eigenvalue weighted by Gasteiger charge is -2.37. The molecule has 0 aliphatic rings. The highest BCUT2D eigenvalue weighted by atomic mass is 16.5. The van der Waals surface area contributed by atoms with Crippen LogP contribution in [0.4, 0.5) is 5.69 Å². The Balaban J connectivity index is 2.97. The molecule has 3 nitrogen and oxygen atoms in total. The van der Waals surface area contributed by atoms with Crippen LogP contribution in [-0.2, 0) is 4.74 Å². The zero-order valence-electron chi connectivity index (χ0n) is 11.2. The summed E-state index contributed by atoms with van der Waals surface area (Å²) in [6.45, 7) is 6.75. The molecule has 1 unspecified atom stereocenters. The number of aliphatic hydroxyl groups is 1. The number of aliphatic hydroxyl groups excluding tert-OH is 1. The van der Waals surface area contributed by atoms with Gasteiger partial charge in [-0.1, -0.05) is 32.0 Å². The number of hydrogen-bond donors (Lipinski definition) is 2. The van der Waals surface area contributed by atoms with Gasteiger partial charge in [0.1, 0.15) is 0 Å². The van der Waals surface area contributed by atoms with Crippen molar-refractivity contribution < 1.29 is 9.84 Å². The molecule has 96 valence electrons. The van der Waals surface area contributed by atoms with Crippen molar-refractivity contribution in [1.82, 2.24) is 0 Å². The highest BCUT2D eigenvalue weighted by Gasteiger charge is 2.33. The first-order valence-electron chi connectivity index (χ1n) is 5.99. The van der Waals surface area contributed by atoms with Gasteiger partial charge < -0.3 is 15.2 Å². The molecule has 1 rings (SSSR count). The second-order valence-corrected chi connectivity index (χ2v) is 4.84. The monoisotopic (exact) mass is 237 g/mol. The first kappa shape index (κ1) is 14.0. The number of ether oxygens (including phenoxy) is 1. The molecule has 0 aromatic heterocycles. The van der Waals surface area contributed by atoms with Gasteiger partial charge >= 0.3 is 0 Å². The van der Waals surface area contributed by atoms with Gasteiger partial charge in [-0.15, -0.1) is 0 Å². The minimum absolute atomic E-state index is 0.0485. The van der Waals surface area contributed by atoms with Gasteiger partial charge in [-0.25, -0.2) is 0 Å². The molecule has 1 aromatic rings. The van der Waals surface area contributed by atoms with Gasteiger partial charge in [0.25, 0.3) is 0 Å². The second-order valence-electron chi connectivity index (χ2n) is 4.84. The lowest BCUT2D eigenvalue weighted by atomic mass is 9.87. The predicted molar refractivity (Wildman–Crippen MR) is 71.3 cm³/mol. The fourth-order valence-corrected chi connectivity index (χ4v) is 1.85. The number of para-hydroxylation sites is 1. The Morgan fingerprint density at radius 1 is 1.35 bits per heavy atom. The zero-order valence-corrected chi connectivity index (χ0v) is 11.2. The summed E-state index contributed by atoms with van der Waals surface area (Å²) >= 11 is 0. The van der Waals surface area contributed by atoms with Gasteiger partial charge in [0, 0.05) is 12.8 Å². The molecule has 0 radical (unpaired) electrons. The molecule has 1 aromatic carbocycles. The Bertz CT molecular complexity index is 352. The van der Waals surface area contributed by atoms with Gasteiger partial charge in [0.15, 0.2) is 0 Å². The number of aryl methyl sites for hydroxylation is 1. The molecule has 0 amide bonds. The molecule has 0 saturated carbocycles. The Kier molecular flexibility index (Phi) is 4.97. The van der Waals surface area contributed by atoms with Crippen molar-refractivity contribution in [3.05, 3.63) is 29.8 Å². The first-order chi connectivity index (χ1) is 8.05. The minimum atomic E-state index is -0.430. The standard InChI is InChI=1S/C14H23NO2/c1-11(2)14(9-16,10-17-4)15-13-8-6-5-7-12(13)3/h5-8,11,15-16H,9-10H2,1-4H3. The van der Waals surface area contributed by atoms with Crippen molar-refractivity contribution in [2.24, 2.45) is 5.92 Å². The molecule has 0 spiro atoms. The van der Waals surface area contributed by atoms with E-state index < -0.39 is 5.54 Å². The smallest absolute Gasteiger partial charge is 0.0860 e. The third-order valence-electron chi connectivity index (χ3n) is 3.32. The topological polar surface area (TPSA) is 41.5 Å². The molecule has 17 heavy (non-hydrogen) atoms. The normalized spacial score (nSPS) is 14.7. The van der Waals surface area contributed by atoms with E-state index in [2.05, 4.69) is 32.2 Å². The number of methoxy groups -OCH3 is 1. The summed E-state index contributed by atoms with van der Waals surface area (Å²) in [4.78, 5) is 0. The highest BCUT2D eigenvalue weighted by Crippen LogP contribution is 2.25. The largest absolute Gasteiger partial charge is 0.394 e. The molecule has 0 aliphatic carbocycles. The fraction of sp³-hybridized carbons (Fsp3) is 0.571. The van der Waals surface area contributed by atoms with Crippen molar-refractivity contribution in [2.45, 2.75) is 26.3 Å². The van der Waals surface area contributed by atoms with E-state index in [1.165, 1.54) is 5.56 Å². The quantitative estimate of drug-likeness (QED) is 0.798. The first-order valence-corrected chi connectivity index (χ1v) is 5.99. The summed E-state index contributed by atoms with van der Waals surface area (Å²) in [5.41, 5.74) is 1.79. The molecule has 0 heterocycles. The van der Waals surface area contributed by atoms with Crippen molar-refractivity contribution in [3.8, 4) is 0 Å². The second kappa shape index (κ2) is 6.03. The molecular formula is C14H23NO2. The highest BCUT2D eigenvalue weighted by molar-refractivity contribution is 5.52. The number of hydrogen-bond acceptors (Lipinski definition) is 3. The maximum Gasteiger partial charge on any atom is 0.0860 e. The van der Waals surface area contributed by atoms with Gasteiger partial charge in [-0.3, -0.25) is 0 Å². The Morgan fingerprint density at radius 3 is 2.47 bits per heavy atom. The number of rotatable bonds is 6. The molecule has 1 atom stereocenters. The van der Waals surface area contributed by atoms with Crippen LogP contribution in [0.3, 0.4) is 0 Å². The number of nitrogens with one attached hydrogen (secondary N) is 1. The van der Waals surface area contributed by atoms with Crippen LogP contribution in [0.5, 0.6) is 0 Å². The average molecular weight is 237 g/mol. The van der Waals surface area contributed by atoms with Gasteiger partial charge in [-0.2, -0.15) is 0 Å². The molecule has 0 fully saturated rings. The van der Waals surface area contributed by atoms with Crippen LogP contribution in [-0.4, -0.2) is 31.0 Å². The van der Waals surface area contributed by atoms with Crippen LogP contribution >= 0.6 is 0 Å². The van der Waals surface area contributed by atoms with E-state index >= 15 is 0 Å². The summed E-state index contributed by atoms with van der Waals surface area (Å²) in [6.07, 6.45) is 0. The summed E-state index contributed by atoms with van der Waals surface area (Å²) in [7, 11) is 1.66. The SMILES string of the molecule is COCC(CO)(Nc1ccccc1C)C(C)C. The lowest BCUT2D eigenvalue weighted by molar-refractivity contribution is 0.0724. The minimum Gasteiger partial charge on any atom is -0.394 e. The van der Waals surface area contributed by atoms with Crippen LogP contribution in [0.15, 0.2) is 24.3 Å². The molecule has 0 aliphatic heterocycles. The lowest BCUT2D eigenvalue weighted by Crippen LogP contribution is -2.51. The summed E-state index contributed by atoms with van der Waals surface area (Å²) in [5, 5.41) is 13.1. The predicted octanol–water partition coefficient (Wildman–Crippen LogP) is 2.44. The average Bonchev–Trinajstić information content (AvgIpc) is 2.31. The number of benzene rings is 1. The fourth-order valence-electron chi connectivity index (χ4n) is 1.85. The van der Waals surface area contributed by atoms with Crippen LogP contribution in [0.25, 0.3) is 0 Å². The van der Waals surface area contributed by atoms with Gasteiger partial charge in [0.05, 0.1) is 18.8 Å². The zero-order chi connectivity index (χ0) is 12.9. The molecule has 0 bridgehead atoms. The third-order valence-corrected chi connectivity index (χ3v) is 3.32. The van der Waals surface area contributed by atoms with Crippen LogP contribution < -0.4 is 5.32 Å². The van der Waals surface area contributed by atoms with Crippen LogP contribution in [0, 0.1) is 12.8 Å². The van der Waals surface area contributed by atoms with E-state index in [0.717, 1.165) is 5.69 Å². The molecular weight excluding hydrogens is 214 g/mol. The Morgan fingerprint density at radius 2 is 2.00 bits per heavy atom. The van der Waals surface area contributed by atoms with E-state index in [4.69, 9.17) is 4.74 Å². The summed E-state index contributed by atoms with van der Waals surface area (Å²) in [5.74, 6) is 0.270.